The van der Waals surface area contributed by atoms with Crippen LogP contribution in [-0.4, -0.2) is 30.8 Å². The number of aromatic hydroxyl groups is 2. The minimum absolute atomic E-state index is 0.0501. The van der Waals surface area contributed by atoms with Gasteiger partial charge in [-0.05, 0) is 23.3 Å². The minimum Gasteiger partial charge on any atom is -0.508 e. The van der Waals surface area contributed by atoms with Crippen LogP contribution in [0.15, 0.2) is 66.7 Å². The molecule has 4 aromatic rings. The Morgan fingerprint density at radius 2 is 1.73 bits per heavy atom. The topological polar surface area (TPSA) is 90.6 Å². The molecule has 1 amide bonds. The molecule has 0 saturated carbocycles. The van der Waals surface area contributed by atoms with Crippen molar-refractivity contribution in [2.24, 2.45) is 7.05 Å². The molecule has 3 N–H and O–H groups in total. The summed E-state index contributed by atoms with van der Waals surface area (Å²) in [7, 11) is 1.70. The highest BCUT2D eigenvalue weighted by molar-refractivity contribution is 6.03. The van der Waals surface area contributed by atoms with Crippen molar-refractivity contribution in [1.29, 1.82) is 0 Å². The van der Waals surface area contributed by atoms with Crippen LogP contribution in [0.25, 0.3) is 11.3 Å². The van der Waals surface area contributed by atoms with E-state index in [1.54, 1.807) is 34.8 Å². The van der Waals surface area contributed by atoms with Crippen molar-refractivity contribution < 1.29 is 19.4 Å². The van der Waals surface area contributed by atoms with E-state index in [4.69, 9.17) is 0 Å². The Morgan fingerprint density at radius 1 is 1.00 bits per heavy atom. The summed E-state index contributed by atoms with van der Waals surface area (Å²) in [5.41, 5.74) is 3.54. The highest BCUT2D eigenvalue weighted by Crippen LogP contribution is 2.36. The number of rotatable bonds is 4. The van der Waals surface area contributed by atoms with Gasteiger partial charge in [-0.25, -0.2) is 4.39 Å². The number of carbonyl (C=O) groups excluding carboxylic acids is 1. The van der Waals surface area contributed by atoms with Gasteiger partial charge in [0.2, 0.25) is 0 Å². The Bertz CT molecular complexity index is 1360. The Morgan fingerprint density at radius 3 is 2.42 bits per heavy atom. The third-order valence-corrected chi connectivity index (χ3v) is 5.71. The molecule has 0 spiro atoms. The molecule has 1 aliphatic heterocycles. The zero-order valence-corrected chi connectivity index (χ0v) is 17.8. The molecule has 0 unspecified atom stereocenters. The first kappa shape index (κ1) is 20.6. The maximum atomic E-state index is 13.6. The van der Waals surface area contributed by atoms with E-state index in [0.29, 0.717) is 30.2 Å². The molecular formula is C25H21FN4O3. The highest BCUT2D eigenvalue weighted by Gasteiger charge is 2.28. The average molecular weight is 444 g/mol. The molecular weight excluding hydrogens is 423 g/mol. The van der Waals surface area contributed by atoms with Crippen LogP contribution in [0.5, 0.6) is 11.5 Å². The number of benzene rings is 3. The summed E-state index contributed by atoms with van der Waals surface area (Å²) < 4.78 is 15.2. The van der Waals surface area contributed by atoms with Crippen LogP contribution in [0.2, 0.25) is 0 Å². The molecule has 3 aromatic carbocycles. The van der Waals surface area contributed by atoms with Crippen LogP contribution in [0.4, 0.5) is 15.9 Å². The molecule has 0 bridgehead atoms. The van der Waals surface area contributed by atoms with Gasteiger partial charge >= 0.3 is 0 Å². The fourth-order valence-electron chi connectivity index (χ4n) is 4.08. The number of amides is 1. The second-order valence-electron chi connectivity index (χ2n) is 7.99. The number of nitrogens with one attached hydrogen (secondary N) is 1. The molecule has 0 radical (unpaired) electrons. The normalized spacial score (nSPS) is 12.6. The first-order chi connectivity index (χ1) is 15.9. The van der Waals surface area contributed by atoms with Crippen molar-refractivity contribution in [2.75, 3.05) is 5.32 Å². The van der Waals surface area contributed by atoms with Crippen molar-refractivity contribution in [2.45, 2.75) is 13.1 Å². The number of aromatic nitrogens is 2. The monoisotopic (exact) mass is 444 g/mol. The predicted octanol–water partition coefficient (Wildman–Crippen LogP) is 4.54. The van der Waals surface area contributed by atoms with Gasteiger partial charge in [0.15, 0.2) is 0 Å². The number of phenolic OH excluding ortho intramolecular Hbond substituents is 2. The van der Waals surface area contributed by atoms with Crippen molar-refractivity contribution in [1.82, 2.24) is 14.7 Å². The van der Waals surface area contributed by atoms with Crippen LogP contribution >= 0.6 is 0 Å². The Kier molecular flexibility index (Phi) is 4.97. The molecule has 5 rings (SSSR count). The summed E-state index contributed by atoms with van der Waals surface area (Å²) in [5, 5.41) is 28.2. The summed E-state index contributed by atoms with van der Waals surface area (Å²) in [6, 6.07) is 18.1. The van der Waals surface area contributed by atoms with Gasteiger partial charge < -0.3 is 20.4 Å². The van der Waals surface area contributed by atoms with Gasteiger partial charge in [0.1, 0.15) is 28.7 Å². The number of anilines is 2. The van der Waals surface area contributed by atoms with E-state index in [-0.39, 0.29) is 34.5 Å². The lowest BCUT2D eigenvalue weighted by molar-refractivity contribution is 0.0749. The second kappa shape index (κ2) is 7.98. The first-order valence-corrected chi connectivity index (χ1v) is 10.4. The first-order valence-electron chi connectivity index (χ1n) is 10.4. The average Bonchev–Trinajstić information content (AvgIpc) is 3.37. The number of nitrogens with zero attached hydrogens (tertiary/aromatic N) is 3. The van der Waals surface area contributed by atoms with Gasteiger partial charge in [-0.3, -0.25) is 9.48 Å². The van der Waals surface area contributed by atoms with E-state index in [9.17, 15) is 19.4 Å². The van der Waals surface area contributed by atoms with Gasteiger partial charge in [-0.15, -0.1) is 0 Å². The lowest BCUT2D eigenvalue weighted by Gasteiger charge is -2.19. The molecule has 0 atom stereocenters. The number of hydrogen-bond donors (Lipinski definition) is 3. The summed E-state index contributed by atoms with van der Waals surface area (Å²) in [5.74, 6) is -0.753. The Hall–Kier alpha value is -4.33. The van der Waals surface area contributed by atoms with Crippen molar-refractivity contribution in [3.05, 3.63) is 89.2 Å². The summed E-state index contributed by atoms with van der Waals surface area (Å²) in [6.45, 7) is 0.869. The lowest BCUT2D eigenvalue weighted by Crippen LogP contribution is -2.26. The molecule has 0 saturated heterocycles. The second-order valence-corrected chi connectivity index (χ2v) is 7.99. The predicted molar refractivity (Wildman–Crippen MR) is 122 cm³/mol. The minimum atomic E-state index is -0.370. The van der Waals surface area contributed by atoms with Gasteiger partial charge in [-0.2, -0.15) is 5.10 Å². The smallest absolute Gasteiger partial charge is 0.260 e. The number of halogens is 1. The standard InChI is InChI=1S/C25H21FN4O3/c1-29-23(12-20(28-29)15-7-4-8-18(26)9-15)27-21-10-19(31)11-22(32)24(21)25(33)30-13-16-5-2-3-6-17(16)14-30/h2-12,27,31-32H,13-14H2,1H3. The van der Waals surface area contributed by atoms with Gasteiger partial charge in [0, 0.05) is 43.9 Å². The fourth-order valence-corrected chi connectivity index (χ4v) is 4.08. The highest BCUT2D eigenvalue weighted by atomic mass is 19.1. The van der Waals surface area contributed by atoms with E-state index < -0.39 is 0 Å². The van der Waals surface area contributed by atoms with E-state index in [1.165, 1.54) is 18.2 Å². The zero-order valence-electron chi connectivity index (χ0n) is 17.8. The van der Waals surface area contributed by atoms with Gasteiger partial charge in [0.25, 0.3) is 5.91 Å². The maximum Gasteiger partial charge on any atom is 0.260 e. The number of phenols is 2. The largest absolute Gasteiger partial charge is 0.508 e. The van der Waals surface area contributed by atoms with Crippen LogP contribution in [0.1, 0.15) is 21.5 Å². The molecule has 1 aliphatic rings. The van der Waals surface area contributed by atoms with Crippen LogP contribution in [0, 0.1) is 5.82 Å². The van der Waals surface area contributed by atoms with E-state index in [2.05, 4.69) is 10.4 Å². The number of fused-ring (bicyclic) bond motifs is 1. The molecule has 7 nitrogen and oxygen atoms in total. The number of hydrogen-bond acceptors (Lipinski definition) is 5. The van der Waals surface area contributed by atoms with Gasteiger partial charge in [-0.1, -0.05) is 36.4 Å². The van der Waals surface area contributed by atoms with E-state index in [1.807, 2.05) is 24.3 Å². The summed E-state index contributed by atoms with van der Waals surface area (Å²) in [6.07, 6.45) is 0. The molecule has 0 aliphatic carbocycles. The van der Waals surface area contributed by atoms with Crippen molar-refractivity contribution in [3.8, 4) is 22.8 Å². The summed E-state index contributed by atoms with van der Waals surface area (Å²) in [4.78, 5) is 15.0. The third kappa shape index (κ3) is 3.87. The fraction of sp³-hybridized carbons (Fsp3) is 0.120. The molecule has 2 heterocycles. The van der Waals surface area contributed by atoms with Crippen LogP contribution in [0.3, 0.4) is 0 Å². The summed E-state index contributed by atoms with van der Waals surface area (Å²) >= 11 is 0. The molecule has 0 fully saturated rings. The Labute approximate surface area is 189 Å². The molecule has 33 heavy (non-hydrogen) atoms. The number of carbonyl (C=O) groups is 1. The molecule has 166 valence electrons. The van der Waals surface area contributed by atoms with Crippen molar-refractivity contribution in [3.63, 3.8) is 0 Å². The van der Waals surface area contributed by atoms with E-state index >= 15 is 0 Å². The zero-order chi connectivity index (χ0) is 23.1. The molecule has 1 aromatic heterocycles. The Balaban J connectivity index is 1.48. The van der Waals surface area contributed by atoms with Crippen molar-refractivity contribution >= 4 is 17.4 Å². The van der Waals surface area contributed by atoms with E-state index in [0.717, 1.165) is 17.2 Å². The SMILES string of the molecule is Cn1nc(-c2cccc(F)c2)cc1Nc1cc(O)cc(O)c1C(=O)N1Cc2ccccc2C1. The lowest BCUT2D eigenvalue weighted by atomic mass is 10.1. The molecule has 8 heteroatoms. The van der Waals surface area contributed by atoms with Crippen LogP contribution < -0.4 is 5.32 Å². The quantitative estimate of drug-likeness (QED) is 0.430. The van der Waals surface area contributed by atoms with Crippen LogP contribution in [-0.2, 0) is 20.1 Å². The maximum absolute atomic E-state index is 13.6. The van der Waals surface area contributed by atoms with Gasteiger partial charge in [0.05, 0.1) is 11.4 Å². The third-order valence-electron chi connectivity index (χ3n) is 5.71. The number of aryl methyl sites for hydroxylation is 1.